The van der Waals surface area contributed by atoms with Crippen LogP contribution in [0.3, 0.4) is 0 Å². The SMILES string of the molecule is c1ccc(CCN2CN=C3NC(c4ccco4)n4c(nc5ccccc54)N3C2)cc1. The fraction of sp³-hybridized carbons (Fsp3) is 0.217. The summed E-state index contributed by atoms with van der Waals surface area (Å²) >= 11 is 0. The maximum Gasteiger partial charge on any atom is 0.216 e. The number of fused-ring (bicyclic) bond motifs is 5. The molecular weight excluding hydrogens is 376 g/mol. The molecule has 0 spiro atoms. The lowest BCUT2D eigenvalue weighted by Gasteiger charge is -2.41. The van der Waals surface area contributed by atoms with Crippen LogP contribution >= 0.6 is 0 Å². The molecule has 0 fully saturated rings. The standard InChI is InChI=1S/C23H22N6O/c1-2-7-17(8-3-1)12-13-27-15-24-22-26-21(20-11-6-14-30-20)29-19-10-5-4-9-18(19)25-23(29)28(22)16-27/h1-11,14,21H,12-13,15-16H2,(H,24,26). The molecule has 30 heavy (non-hydrogen) atoms. The van der Waals surface area contributed by atoms with Gasteiger partial charge in [0.25, 0.3) is 0 Å². The molecule has 0 amide bonds. The highest BCUT2D eigenvalue weighted by Crippen LogP contribution is 2.33. The molecule has 1 unspecified atom stereocenters. The van der Waals surface area contributed by atoms with E-state index in [2.05, 4.69) is 56.1 Å². The summed E-state index contributed by atoms with van der Waals surface area (Å²) in [4.78, 5) is 14.3. The van der Waals surface area contributed by atoms with Crippen molar-refractivity contribution in [3.8, 4) is 0 Å². The van der Waals surface area contributed by atoms with E-state index in [1.165, 1.54) is 5.56 Å². The zero-order valence-corrected chi connectivity index (χ0v) is 16.5. The van der Waals surface area contributed by atoms with E-state index in [0.29, 0.717) is 6.67 Å². The van der Waals surface area contributed by atoms with Gasteiger partial charge in [0, 0.05) is 6.54 Å². The van der Waals surface area contributed by atoms with Crippen LogP contribution in [-0.2, 0) is 6.42 Å². The summed E-state index contributed by atoms with van der Waals surface area (Å²) in [6.07, 6.45) is 2.53. The number of para-hydroxylation sites is 2. The molecule has 7 nitrogen and oxygen atoms in total. The van der Waals surface area contributed by atoms with E-state index in [1.54, 1.807) is 6.26 Å². The van der Waals surface area contributed by atoms with E-state index in [4.69, 9.17) is 14.4 Å². The van der Waals surface area contributed by atoms with Crippen LogP contribution in [-0.4, -0.2) is 40.3 Å². The van der Waals surface area contributed by atoms with Crippen LogP contribution in [0.4, 0.5) is 5.95 Å². The zero-order valence-electron chi connectivity index (χ0n) is 16.5. The van der Waals surface area contributed by atoms with Crippen LogP contribution in [0, 0.1) is 0 Å². The van der Waals surface area contributed by atoms with Gasteiger partial charge >= 0.3 is 0 Å². The van der Waals surface area contributed by atoms with Crippen molar-refractivity contribution in [2.24, 2.45) is 4.99 Å². The molecule has 0 saturated heterocycles. The molecule has 6 rings (SSSR count). The first-order valence-electron chi connectivity index (χ1n) is 10.2. The fourth-order valence-corrected chi connectivity index (χ4v) is 4.23. The van der Waals surface area contributed by atoms with Crippen LogP contribution < -0.4 is 10.2 Å². The van der Waals surface area contributed by atoms with Crippen LogP contribution in [0.5, 0.6) is 0 Å². The second-order valence-corrected chi connectivity index (χ2v) is 7.66. The number of furan rings is 1. The molecule has 1 atom stereocenters. The lowest BCUT2D eigenvalue weighted by atomic mass is 10.1. The molecule has 2 aliphatic rings. The van der Waals surface area contributed by atoms with Crippen molar-refractivity contribution in [2.45, 2.75) is 12.6 Å². The Kier molecular flexibility index (Phi) is 4.06. The Morgan fingerprint density at radius 2 is 1.87 bits per heavy atom. The highest BCUT2D eigenvalue weighted by molar-refractivity contribution is 5.98. The van der Waals surface area contributed by atoms with Gasteiger partial charge in [-0.15, -0.1) is 0 Å². The van der Waals surface area contributed by atoms with Gasteiger partial charge in [0.05, 0.1) is 30.6 Å². The van der Waals surface area contributed by atoms with E-state index < -0.39 is 0 Å². The minimum absolute atomic E-state index is 0.173. The maximum absolute atomic E-state index is 5.74. The number of benzene rings is 2. The molecule has 0 aliphatic carbocycles. The number of nitrogens with zero attached hydrogens (tertiary/aromatic N) is 5. The topological polar surface area (TPSA) is 61.8 Å². The fourth-order valence-electron chi connectivity index (χ4n) is 4.23. The molecule has 150 valence electrons. The van der Waals surface area contributed by atoms with Gasteiger partial charge in [0.1, 0.15) is 5.76 Å². The van der Waals surface area contributed by atoms with Crippen LogP contribution in [0.1, 0.15) is 17.5 Å². The first-order chi connectivity index (χ1) is 14.9. The van der Waals surface area contributed by atoms with Gasteiger partial charge in [-0.1, -0.05) is 42.5 Å². The summed E-state index contributed by atoms with van der Waals surface area (Å²) in [5.41, 5.74) is 3.38. The highest BCUT2D eigenvalue weighted by Gasteiger charge is 2.36. The van der Waals surface area contributed by atoms with E-state index in [9.17, 15) is 0 Å². The Labute approximate surface area is 174 Å². The van der Waals surface area contributed by atoms with Crippen molar-refractivity contribution in [3.63, 3.8) is 0 Å². The number of imidazole rings is 1. The molecule has 4 heterocycles. The summed E-state index contributed by atoms with van der Waals surface area (Å²) in [5, 5.41) is 3.57. The highest BCUT2D eigenvalue weighted by atomic mass is 16.3. The Morgan fingerprint density at radius 1 is 1.00 bits per heavy atom. The third-order valence-electron chi connectivity index (χ3n) is 5.73. The van der Waals surface area contributed by atoms with Crippen LogP contribution in [0.25, 0.3) is 11.0 Å². The lowest BCUT2D eigenvalue weighted by molar-refractivity contribution is 0.272. The minimum atomic E-state index is -0.173. The van der Waals surface area contributed by atoms with Crippen molar-refractivity contribution in [2.75, 3.05) is 24.8 Å². The average molecular weight is 398 g/mol. The molecule has 0 saturated carbocycles. The lowest BCUT2D eigenvalue weighted by Crippen LogP contribution is -2.57. The number of aromatic nitrogens is 2. The van der Waals surface area contributed by atoms with Gasteiger partial charge < -0.3 is 9.73 Å². The monoisotopic (exact) mass is 398 g/mol. The average Bonchev–Trinajstić information content (AvgIpc) is 3.46. The number of hydrogen-bond acceptors (Lipinski definition) is 6. The molecule has 1 N–H and O–H groups in total. The van der Waals surface area contributed by atoms with Gasteiger partial charge in [0.15, 0.2) is 6.17 Å². The van der Waals surface area contributed by atoms with E-state index in [0.717, 1.165) is 48.3 Å². The summed E-state index contributed by atoms with van der Waals surface area (Å²) in [7, 11) is 0. The summed E-state index contributed by atoms with van der Waals surface area (Å²) in [6.45, 7) is 2.35. The Hall–Kier alpha value is -3.58. The predicted molar refractivity (Wildman–Crippen MR) is 116 cm³/mol. The Bertz CT molecular complexity index is 1200. The van der Waals surface area contributed by atoms with Crippen molar-refractivity contribution in [1.82, 2.24) is 19.8 Å². The molecule has 2 aromatic carbocycles. The molecule has 7 heteroatoms. The third-order valence-corrected chi connectivity index (χ3v) is 5.73. The van der Waals surface area contributed by atoms with Crippen molar-refractivity contribution >= 4 is 22.9 Å². The quantitative estimate of drug-likeness (QED) is 0.571. The Balaban J connectivity index is 1.35. The minimum Gasteiger partial charge on any atom is -0.465 e. The maximum atomic E-state index is 5.74. The number of guanidine groups is 1. The van der Waals surface area contributed by atoms with Crippen LogP contribution in [0.15, 0.2) is 82.4 Å². The normalized spacial score (nSPS) is 18.6. The first-order valence-corrected chi connectivity index (χ1v) is 10.2. The van der Waals surface area contributed by atoms with E-state index >= 15 is 0 Å². The molecule has 0 bridgehead atoms. The summed E-state index contributed by atoms with van der Waals surface area (Å²) in [6, 6.07) is 22.7. The summed E-state index contributed by atoms with van der Waals surface area (Å²) < 4.78 is 7.94. The second kappa shape index (κ2) is 7.03. The Morgan fingerprint density at radius 3 is 2.73 bits per heavy atom. The van der Waals surface area contributed by atoms with Gasteiger partial charge in [-0.2, -0.15) is 0 Å². The van der Waals surface area contributed by atoms with Gasteiger partial charge in [-0.05, 0) is 36.2 Å². The molecule has 0 radical (unpaired) electrons. The van der Waals surface area contributed by atoms with Crippen molar-refractivity contribution in [3.05, 3.63) is 84.3 Å². The molecule has 2 aliphatic heterocycles. The summed E-state index contributed by atoms with van der Waals surface area (Å²) in [5.74, 6) is 2.57. The number of nitrogens with one attached hydrogen (secondary N) is 1. The number of rotatable bonds is 4. The third kappa shape index (κ3) is 2.86. The number of hydrogen-bond donors (Lipinski definition) is 1. The smallest absolute Gasteiger partial charge is 0.216 e. The van der Waals surface area contributed by atoms with E-state index in [1.807, 2.05) is 30.3 Å². The number of anilines is 1. The van der Waals surface area contributed by atoms with Crippen molar-refractivity contribution in [1.29, 1.82) is 0 Å². The number of aliphatic imine (C=N–C) groups is 1. The zero-order chi connectivity index (χ0) is 19.9. The molecule has 4 aromatic rings. The van der Waals surface area contributed by atoms with Crippen molar-refractivity contribution < 1.29 is 4.42 Å². The molecular formula is C23H22N6O. The van der Waals surface area contributed by atoms with Crippen LogP contribution in [0.2, 0.25) is 0 Å². The predicted octanol–water partition coefficient (Wildman–Crippen LogP) is 3.42. The van der Waals surface area contributed by atoms with E-state index in [-0.39, 0.29) is 6.17 Å². The largest absolute Gasteiger partial charge is 0.465 e. The van der Waals surface area contributed by atoms with Gasteiger partial charge in [-0.25, -0.2) is 9.98 Å². The van der Waals surface area contributed by atoms with Gasteiger partial charge in [0.2, 0.25) is 11.9 Å². The van der Waals surface area contributed by atoms with Gasteiger partial charge in [-0.3, -0.25) is 14.4 Å². The molecule has 2 aromatic heterocycles. The first kappa shape index (κ1) is 17.3. The second-order valence-electron chi connectivity index (χ2n) is 7.66.